The van der Waals surface area contributed by atoms with E-state index < -0.39 is 10.0 Å². The van der Waals surface area contributed by atoms with Gasteiger partial charge in [-0.1, -0.05) is 23.7 Å². The number of rotatable bonds is 7. The molecule has 0 spiro atoms. The molecule has 1 aromatic carbocycles. The second-order valence-electron chi connectivity index (χ2n) is 5.31. The van der Waals surface area contributed by atoms with E-state index in [0.717, 1.165) is 24.7 Å². The number of benzene rings is 1. The fourth-order valence-corrected chi connectivity index (χ4v) is 2.84. The zero-order valence-corrected chi connectivity index (χ0v) is 13.5. The topological polar surface area (TPSA) is 66.5 Å². The normalized spacial score (nSPS) is 15.2. The molecule has 1 fully saturated rings. The lowest BCUT2D eigenvalue weighted by atomic mass is 10.2. The molecule has 5 nitrogen and oxygen atoms in total. The van der Waals surface area contributed by atoms with Gasteiger partial charge >= 0.3 is 0 Å². The van der Waals surface area contributed by atoms with Crippen molar-refractivity contribution < 1.29 is 13.2 Å². The van der Waals surface area contributed by atoms with Crippen molar-refractivity contribution in [2.45, 2.75) is 31.8 Å². The van der Waals surface area contributed by atoms with Crippen LogP contribution in [0.15, 0.2) is 24.3 Å². The van der Waals surface area contributed by atoms with Gasteiger partial charge in [-0.3, -0.25) is 4.79 Å². The Kier molecular flexibility index (Phi) is 5.24. The summed E-state index contributed by atoms with van der Waals surface area (Å²) in [4.78, 5) is 11.7. The summed E-state index contributed by atoms with van der Waals surface area (Å²) in [6.07, 6.45) is 3.37. The summed E-state index contributed by atoms with van der Waals surface area (Å²) in [6.45, 7) is 0.423. The zero-order valence-electron chi connectivity index (χ0n) is 11.9. The average Bonchev–Trinajstić information content (AvgIpc) is 3.19. The van der Waals surface area contributed by atoms with Crippen molar-refractivity contribution in [3.8, 4) is 0 Å². The molecule has 0 saturated heterocycles. The SMILES string of the molecule is CS(=O)(=O)N(CCC(=O)NC1CC1)Cc1ccc(Cl)cc1. The monoisotopic (exact) mass is 330 g/mol. The van der Waals surface area contributed by atoms with Gasteiger partial charge in [0.2, 0.25) is 15.9 Å². The van der Waals surface area contributed by atoms with Gasteiger partial charge in [-0.05, 0) is 30.5 Å². The van der Waals surface area contributed by atoms with Crippen molar-refractivity contribution in [3.63, 3.8) is 0 Å². The number of sulfonamides is 1. The second-order valence-corrected chi connectivity index (χ2v) is 7.73. The Morgan fingerprint density at radius 1 is 1.33 bits per heavy atom. The molecule has 1 aromatic rings. The Labute approximate surface area is 130 Å². The predicted octanol–water partition coefficient (Wildman–Crippen LogP) is 1.77. The first-order valence-electron chi connectivity index (χ1n) is 6.83. The van der Waals surface area contributed by atoms with E-state index in [1.54, 1.807) is 24.3 Å². The molecule has 2 rings (SSSR count). The van der Waals surface area contributed by atoms with E-state index in [0.29, 0.717) is 11.1 Å². The Morgan fingerprint density at radius 3 is 2.48 bits per heavy atom. The number of nitrogens with one attached hydrogen (secondary N) is 1. The van der Waals surface area contributed by atoms with Crippen molar-refractivity contribution in [1.29, 1.82) is 0 Å². The van der Waals surface area contributed by atoms with Gasteiger partial charge in [-0.15, -0.1) is 0 Å². The maximum Gasteiger partial charge on any atom is 0.221 e. The van der Waals surface area contributed by atoms with Crippen LogP contribution in [0.5, 0.6) is 0 Å². The van der Waals surface area contributed by atoms with Gasteiger partial charge in [-0.25, -0.2) is 8.42 Å². The quantitative estimate of drug-likeness (QED) is 0.828. The highest BCUT2D eigenvalue weighted by Crippen LogP contribution is 2.19. The van der Waals surface area contributed by atoms with Crippen LogP contribution in [0, 0.1) is 0 Å². The molecule has 1 saturated carbocycles. The maximum absolute atomic E-state index is 11.8. The molecule has 0 aliphatic heterocycles. The fourth-order valence-electron chi connectivity index (χ4n) is 1.91. The first-order chi connectivity index (χ1) is 9.84. The first kappa shape index (κ1) is 16.3. The molecule has 116 valence electrons. The minimum absolute atomic E-state index is 0.0951. The fraction of sp³-hybridized carbons (Fsp3) is 0.500. The van der Waals surface area contributed by atoms with E-state index in [9.17, 15) is 13.2 Å². The highest BCUT2D eigenvalue weighted by atomic mass is 35.5. The standard InChI is InChI=1S/C14H19ClN2O3S/c1-21(19,20)17(9-8-14(18)16-13-6-7-13)10-11-2-4-12(15)5-3-11/h2-5,13H,6-10H2,1H3,(H,16,18). The third kappa shape index (κ3) is 5.65. The lowest BCUT2D eigenvalue weighted by Crippen LogP contribution is -2.34. The number of hydrogen-bond donors (Lipinski definition) is 1. The number of hydrogen-bond acceptors (Lipinski definition) is 3. The van der Waals surface area contributed by atoms with E-state index in [1.807, 2.05) is 0 Å². The Hall–Kier alpha value is -1.11. The van der Waals surface area contributed by atoms with Gasteiger partial charge in [0.15, 0.2) is 0 Å². The maximum atomic E-state index is 11.8. The van der Waals surface area contributed by atoms with Gasteiger partial charge in [0.25, 0.3) is 0 Å². The molecule has 21 heavy (non-hydrogen) atoms. The predicted molar refractivity (Wildman–Crippen MR) is 82.5 cm³/mol. The van der Waals surface area contributed by atoms with Crippen LogP contribution >= 0.6 is 11.6 Å². The lowest BCUT2D eigenvalue weighted by molar-refractivity contribution is -0.121. The van der Waals surface area contributed by atoms with Crippen LogP contribution in [0.2, 0.25) is 5.02 Å². The molecule has 0 heterocycles. The third-order valence-corrected chi connectivity index (χ3v) is 4.77. The van der Waals surface area contributed by atoms with Crippen LogP contribution in [0.25, 0.3) is 0 Å². The third-order valence-electron chi connectivity index (χ3n) is 3.27. The molecule has 0 radical (unpaired) electrons. The summed E-state index contributed by atoms with van der Waals surface area (Å²) in [6, 6.07) is 7.30. The van der Waals surface area contributed by atoms with Crippen LogP contribution in [-0.4, -0.2) is 37.5 Å². The highest BCUT2D eigenvalue weighted by Gasteiger charge is 2.24. The molecular weight excluding hydrogens is 312 g/mol. The van der Waals surface area contributed by atoms with E-state index in [2.05, 4.69) is 5.32 Å². The molecule has 0 unspecified atom stereocenters. The Bertz CT molecular complexity index is 597. The molecule has 0 atom stereocenters. The molecule has 1 amide bonds. The molecule has 1 N–H and O–H groups in total. The summed E-state index contributed by atoms with van der Waals surface area (Å²) in [5, 5.41) is 3.46. The number of carbonyl (C=O) groups is 1. The summed E-state index contributed by atoms with van der Waals surface area (Å²) >= 11 is 5.81. The van der Waals surface area contributed by atoms with Gasteiger partial charge in [0.1, 0.15) is 0 Å². The van der Waals surface area contributed by atoms with Crippen molar-refractivity contribution in [2.75, 3.05) is 12.8 Å². The Morgan fingerprint density at radius 2 is 1.95 bits per heavy atom. The molecule has 0 aromatic heterocycles. The second kappa shape index (κ2) is 6.77. The van der Waals surface area contributed by atoms with E-state index >= 15 is 0 Å². The van der Waals surface area contributed by atoms with Gasteiger partial charge in [0, 0.05) is 30.6 Å². The highest BCUT2D eigenvalue weighted by molar-refractivity contribution is 7.88. The van der Waals surface area contributed by atoms with Gasteiger partial charge < -0.3 is 5.32 Å². The van der Waals surface area contributed by atoms with Crippen LogP contribution in [0.1, 0.15) is 24.8 Å². The van der Waals surface area contributed by atoms with Crippen molar-refractivity contribution in [3.05, 3.63) is 34.9 Å². The molecular formula is C14H19ClN2O3S. The first-order valence-corrected chi connectivity index (χ1v) is 9.06. The van der Waals surface area contributed by atoms with Crippen molar-refractivity contribution in [1.82, 2.24) is 9.62 Å². The van der Waals surface area contributed by atoms with Gasteiger partial charge in [-0.2, -0.15) is 4.31 Å². The van der Waals surface area contributed by atoms with Crippen LogP contribution in [-0.2, 0) is 21.4 Å². The number of halogens is 1. The number of amides is 1. The minimum Gasteiger partial charge on any atom is -0.353 e. The minimum atomic E-state index is -3.36. The van der Waals surface area contributed by atoms with E-state index in [-0.39, 0.29) is 25.4 Å². The van der Waals surface area contributed by atoms with Crippen LogP contribution in [0.3, 0.4) is 0 Å². The smallest absolute Gasteiger partial charge is 0.221 e. The van der Waals surface area contributed by atoms with E-state index in [1.165, 1.54) is 4.31 Å². The Balaban J connectivity index is 1.94. The summed E-state index contributed by atoms with van der Waals surface area (Å²) in [5.74, 6) is -0.0951. The number of nitrogens with zero attached hydrogens (tertiary/aromatic N) is 1. The van der Waals surface area contributed by atoms with Crippen molar-refractivity contribution in [2.24, 2.45) is 0 Å². The summed E-state index contributed by atoms with van der Waals surface area (Å²) in [5.41, 5.74) is 0.840. The molecule has 0 bridgehead atoms. The van der Waals surface area contributed by atoms with Crippen LogP contribution in [0.4, 0.5) is 0 Å². The van der Waals surface area contributed by atoms with E-state index in [4.69, 9.17) is 11.6 Å². The number of carbonyl (C=O) groups excluding carboxylic acids is 1. The zero-order chi connectivity index (χ0) is 15.5. The molecule has 1 aliphatic carbocycles. The molecule has 1 aliphatic rings. The largest absolute Gasteiger partial charge is 0.353 e. The van der Waals surface area contributed by atoms with Crippen LogP contribution < -0.4 is 5.32 Å². The molecule has 7 heteroatoms. The average molecular weight is 331 g/mol. The van der Waals surface area contributed by atoms with Gasteiger partial charge in [0.05, 0.1) is 6.26 Å². The van der Waals surface area contributed by atoms with Crippen molar-refractivity contribution >= 4 is 27.5 Å². The lowest BCUT2D eigenvalue weighted by Gasteiger charge is -2.19. The summed E-state index contributed by atoms with van der Waals surface area (Å²) < 4.78 is 24.9. The summed E-state index contributed by atoms with van der Waals surface area (Å²) in [7, 11) is -3.36.